The number of likely N-dealkylation sites (N-methyl/N-ethyl adjacent to an activating group) is 1. The molecule has 1 fully saturated rings. The van der Waals surface area contributed by atoms with Gasteiger partial charge in [-0.2, -0.15) is 4.39 Å². The average molecular weight is 446 g/mol. The molecule has 0 saturated carbocycles. The molecule has 33 heavy (non-hydrogen) atoms. The van der Waals surface area contributed by atoms with E-state index in [1.807, 2.05) is 36.4 Å². The molecule has 0 radical (unpaired) electrons. The van der Waals surface area contributed by atoms with Crippen LogP contribution in [0.2, 0.25) is 0 Å². The minimum absolute atomic E-state index is 0.0649. The van der Waals surface area contributed by atoms with Gasteiger partial charge in [-0.05, 0) is 53.9 Å². The lowest BCUT2D eigenvalue weighted by molar-refractivity contribution is 0.0946. The van der Waals surface area contributed by atoms with Gasteiger partial charge in [0, 0.05) is 55.1 Å². The number of nitrogen functional groups attached to an aromatic ring is 1. The fraction of sp³-hybridized carbons (Fsp3) is 0.308. The Balaban J connectivity index is 1.44. The Labute approximate surface area is 193 Å². The minimum Gasteiger partial charge on any atom is -0.383 e. The van der Waals surface area contributed by atoms with Crippen LogP contribution in [0.25, 0.3) is 22.3 Å². The monoisotopic (exact) mass is 445 g/mol. The lowest BCUT2D eigenvalue weighted by Crippen LogP contribution is -2.46. The van der Waals surface area contributed by atoms with Gasteiger partial charge in [0.2, 0.25) is 5.95 Å². The highest BCUT2D eigenvalue weighted by Gasteiger charge is 2.20. The van der Waals surface area contributed by atoms with Crippen LogP contribution in [0.3, 0.4) is 0 Å². The Bertz CT molecular complexity index is 1190. The van der Waals surface area contributed by atoms with Crippen molar-refractivity contribution in [2.24, 2.45) is 0 Å². The predicted molar refractivity (Wildman–Crippen MR) is 130 cm³/mol. The van der Waals surface area contributed by atoms with Gasteiger partial charge >= 0.3 is 0 Å². The van der Waals surface area contributed by atoms with Gasteiger partial charge < -0.3 is 20.9 Å². The number of carbonyl (C=O) groups is 1. The molecule has 3 aromatic rings. The van der Waals surface area contributed by atoms with Gasteiger partial charge in [0.15, 0.2) is 0 Å². The number of aromatic nitrogens is 1. The van der Waals surface area contributed by atoms with Gasteiger partial charge in [0.05, 0.1) is 0 Å². The molecule has 2 aliphatic heterocycles. The van der Waals surface area contributed by atoms with E-state index in [1.54, 1.807) is 12.1 Å². The van der Waals surface area contributed by atoms with E-state index in [0.29, 0.717) is 23.2 Å². The zero-order chi connectivity index (χ0) is 22.9. The number of piperazine rings is 1. The molecule has 0 spiro atoms. The molecule has 0 unspecified atom stereocenters. The Morgan fingerprint density at radius 3 is 2.42 bits per heavy atom. The molecule has 0 aliphatic carbocycles. The average Bonchev–Trinajstić information content (AvgIpc) is 2.84. The summed E-state index contributed by atoms with van der Waals surface area (Å²) in [5.41, 5.74) is 11.6. The van der Waals surface area contributed by atoms with Crippen LogP contribution in [-0.2, 0) is 6.42 Å². The third kappa shape index (κ3) is 4.16. The molecule has 2 aliphatic rings. The van der Waals surface area contributed by atoms with Crippen LogP contribution in [0.5, 0.6) is 0 Å². The second kappa shape index (κ2) is 8.83. The number of hydrogen-bond donors (Lipinski definition) is 2. The Hall–Kier alpha value is -3.45. The maximum absolute atomic E-state index is 14.8. The first kappa shape index (κ1) is 21.4. The highest BCUT2D eigenvalue weighted by atomic mass is 19.1. The first-order chi connectivity index (χ1) is 16.0. The summed E-state index contributed by atoms with van der Waals surface area (Å²) in [6, 6.07) is 15.3. The van der Waals surface area contributed by atoms with Gasteiger partial charge in [-0.1, -0.05) is 31.2 Å². The van der Waals surface area contributed by atoms with Crippen molar-refractivity contribution in [1.29, 1.82) is 0 Å². The number of fused-ring (bicyclic) bond motifs is 1. The number of anilines is 2. The summed E-state index contributed by atoms with van der Waals surface area (Å²) < 4.78 is 14.8. The lowest BCUT2D eigenvalue weighted by Gasteiger charge is -2.35. The number of carbonyl (C=O) groups excluding carboxylic acids is 1. The van der Waals surface area contributed by atoms with E-state index in [-0.39, 0.29) is 11.7 Å². The SMILES string of the molecule is CCN1CCN(c2ccc(-c3cc(-c4ccc5c(c4)CCNC5=O)c(N)nc3F)cc2)CC1. The number of nitrogens with zero attached hydrogens (tertiary/aromatic N) is 3. The molecule has 3 N–H and O–H groups in total. The molecule has 0 atom stereocenters. The normalized spacial score (nSPS) is 16.4. The largest absolute Gasteiger partial charge is 0.383 e. The van der Waals surface area contributed by atoms with E-state index in [1.165, 1.54) is 0 Å². The zero-order valence-electron chi connectivity index (χ0n) is 18.8. The van der Waals surface area contributed by atoms with Crippen molar-refractivity contribution in [2.75, 3.05) is 49.9 Å². The van der Waals surface area contributed by atoms with Crippen LogP contribution in [0.1, 0.15) is 22.8 Å². The molecule has 3 heterocycles. The number of rotatable bonds is 4. The topological polar surface area (TPSA) is 74.5 Å². The highest BCUT2D eigenvalue weighted by molar-refractivity contribution is 5.97. The lowest BCUT2D eigenvalue weighted by atomic mass is 9.94. The molecule has 2 aromatic carbocycles. The second-order valence-electron chi connectivity index (χ2n) is 8.61. The third-order valence-corrected chi connectivity index (χ3v) is 6.71. The standard InChI is InChI=1S/C26H28FN5O/c1-2-31-11-13-32(14-12-31)20-6-3-17(4-7-20)22-16-23(25(28)30-24(22)27)18-5-8-21-19(15-18)9-10-29-26(21)33/h3-8,15-16H,2,9-14H2,1H3,(H2,28,30)(H,29,33). The van der Waals surface area contributed by atoms with Gasteiger partial charge in [-0.25, -0.2) is 4.98 Å². The minimum atomic E-state index is -0.585. The molecule has 7 heteroatoms. The van der Waals surface area contributed by atoms with Crippen LogP contribution < -0.4 is 16.0 Å². The summed E-state index contributed by atoms with van der Waals surface area (Å²) in [6.45, 7) is 7.97. The smallest absolute Gasteiger partial charge is 0.251 e. The second-order valence-corrected chi connectivity index (χ2v) is 8.61. The fourth-order valence-corrected chi connectivity index (χ4v) is 4.71. The molecule has 0 bridgehead atoms. The van der Waals surface area contributed by atoms with Crippen LogP contribution in [0.4, 0.5) is 15.9 Å². The van der Waals surface area contributed by atoms with Gasteiger partial charge in [0.25, 0.3) is 5.91 Å². The quantitative estimate of drug-likeness (QED) is 0.601. The van der Waals surface area contributed by atoms with E-state index < -0.39 is 5.95 Å². The van der Waals surface area contributed by atoms with Crippen molar-refractivity contribution >= 4 is 17.4 Å². The van der Waals surface area contributed by atoms with Crippen molar-refractivity contribution in [3.63, 3.8) is 0 Å². The van der Waals surface area contributed by atoms with E-state index in [4.69, 9.17) is 5.73 Å². The van der Waals surface area contributed by atoms with E-state index in [0.717, 1.165) is 61.5 Å². The van der Waals surface area contributed by atoms with Crippen LogP contribution in [0, 0.1) is 5.95 Å². The molecule has 170 valence electrons. The molecule has 1 aromatic heterocycles. The number of halogens is 1. The highest BCUT2D eigenvalue weighted by Crippen LogP contribution is 2.34. The molecule has 1 saturated heterocycles. The molecule has 6 nitrogen and oxygen atoms in total. The number of amides is 1. The summed E-state index contributed by atoms with van der Waals surface area (Å²) in [5.74, 6) is -0.510. The van der Waals surface area contributed by atoms with Gasteiger partial charge in [-0.15, -0.1) is 0 Å². The molecule has 1 amide bonds. The van der Waals surface area contributed by atoms with E-state index in [9.17, 15) is 9.18 Å². The molecular formula is C26H28FN5O. The summed E-state index contributed by atoms with van der Waals surface area (Å²) in [6.07, 6.45) is 0.754. The molecular weight excluding hydrogens is 417 g/mol. The summed E-state index contributed by atoms with van der Waals surface area (Å²) in [5, 5.41) is 2.85. The summed E-state index contributed by atoms with van der Waals surface area (Å²) in [7, 11) is 0. The van der Waals surface area contributed by atoms with Crippen molar-refractivity contribution in [3.8, 4) is 22.3 Å². The number of benzene rings is 2. The van der Waals surface area contributed by atoms with Crippen molar-refractivity contribution in [3.05, 3.63) is 65.6 Å². The van der Waals surface area contributed by atoms with Gasteiger partial charge in [-0.3, -0.25) is 4.79 Å². The first-order valence-electron chi connectivity index (χ1n) is 11.5. The van der Waals surface area contributed by atoms with E-state index >= 15 is 0 Å². The number of pyridine rings is 1. The van der Waals surface area contributed by atoms with Crippen molar-refractivity contribution < 1.29 is 9.18 Å². The predicted octanol–water partition coefficient (Wildman–Crippen LogP) is 3.56. The number of nitrogens with two attached hydrogens (primary N) is 1. The zero-order valence-corrected chi connectivity index (χ0v) is 18.8. The Kier molecular flexibility index (Phi) is 5.72. The summed E-state index contributed by atoms with van der Waals surface area (Å²) in [4.78, 5) is 20.9. The van der Waals surface area contributed by atoms with Crippen molar-refractivity contribution in [2.45, 2.75) is 13.3 Å². The fourth-order valence-electron chi connectivity index (χ4n) is 4.71. The number of hydrogen-bond acceptors (Lipinski definition) is 5. The van der Waals surface area contributed by atoms with Gasteiger partial charge in [0.1, 0.15) is 5.82 Å². The Morgan fingerprint density at radius 2 is 1.70 bits per heavy atom. The van der Waals surface area contributed by atoms with Crippen molar-refractivity contribution in [1.82, 2.24) is 15.2 Å². The number of nitrogens with one attached hydrogen (secondary N) is 1. The summed E-state index contributed by atoms with van der Waals surface area (Å²) >= 11 is 0. The Morgan fingerprint density at radius 1 is 0.970 bits per heavy atom. The van der Waals surface area contributed by atoms with Crippen LogP contribution >= 0.6 is 0 Å². The maximum Gasteiger partial charge on any atom is 0.251 e. The van der Waals surface area contributed by atoms with E-state index in [2.05, 4.69) is 27.0 Å². The van der Waals surface area contributed by atoms with Crippen LogP contribution in [-0.4, -0.2) is 55.1 Å². The van der Waals surface area contributed by atoms with Crippen LogP contribution in [0.15, 0.2) is 48.5 Å². The maximum atomic E-state index is 14.8. The first-order valence-corrected chi connectivity index (χ1v) is 11.5. The third-order valence-electron chi connectivity index (χ3n) is 6.71. The molecule has 5 rings (SSSR count).